The van der Waals surface area contributed by atoms with Crippen LogP contribution in [0.15, 0.2) is 12.2 Å². The van der Waals surface area contributed by atoms with E-state index in [1.807, 2.05) is 0 Å². The summed E-state index contributed by atoms with van der Waals surface area (Å²) in [7, 11) is 0. The first-order valence-electron chi connectivity index (χ1n) is 2.57. The number of rotatable bonds is 1. The molecular formula is C5H6N2O2. The number of nitrogens with one attached hydrogen (secondary N) is 1. The zero-order chi connectivity index (χ0) is 6.85. The highest BCUT2D eigenvalue weighted by molar-refractivity contribution is 5.72. The summed E-state index contributed by atoms with van der Waals surface area (Å²) in [5.41, 5.74) is 6.97. The molecular weight excluding hydrogens is 120 g/mol. The number of carboxylic acid groups (broad SMARTS) is 1. The number of hydrogen-bond donors (Lipinski definition) is 1. The molecule has 0 radical (unpaired) electrons. The lowest BCUT2D eigenvalue weighted by Gasteiger charge is -2.01. The van der Waals surface area contributed by atoms with Gasteiger partial charge < -0.3 is 9.90 Å². The van der Waals surface area contributed by atoms with Crippen molar-refractivity contribution in [2.24, 2.45) is 0 Å². The lowest BCUT2D eigenvalue weighted by molar-refractivity contribution is -0.619. The molecule has 0 aromatic carbocycles. The normalized spacial score (nSPS) is 24.9. The second-order valence-corrected chi connectivity index (χ2v) is 1.84. The Morgan fingerprint density at radius 3 is 2.78 bits per heavy atom. The Hall–Kier alpha value is -1.19. The predicted octanol–water partition coefficient (Wildman–Crippen LogP) is -1.28. The Balaban J connectivity index is 2.71. The molecule has 0 aromatic heterocycles. The van der Waals surface area contributed by atoms with Gasteiger partial charge in [-0.1, -0.05) is 5.53 Å². The molecule has 0 amide bonds. The molecule has 1 aliphatic rings. The number of carbonyl (C=O) groups is 1. The maximum atomic E-state index is 10.1. The number of carbonyl (C=O) groups excluding carboxylic acids is 1. The average molecular weight is 126 g/mol. The van der Waals surface area contributed by atoms with Gasteiger partial charge in [-0.05, 0) is 12.2 Å². The molecule has 0 aromatic rings. The number of nitrogens with zero attached hydrogens (tertiary/aromatic N) is 1. The summed E-state index contributed by atoms with van der Waals surface area (Å²) in [6.07, 6.45) is 3.08. The van der Waals surface area contributed by atoms with Crippen molar-refractivity contribution < 1.29 is 14.6 Å². The van der Waals surface area contributed by atoms with E-state index in [-0.39, 0.29) is 0 Å². The lowest BCUT2D eigenvalue weighted by atomic mass is 10.3. The molecule has 0 fully saturated rings. The quantitative estimate of drug-likeness (QED) is 0.351. The molecule has 4 heteroatoms. The topological polar surface area (TPSA) is 67.0 Å². The van der Waals surface area contributed by atoms with E-state index in [0.29, 0.717) is 6.54 Å². The van der Waals surface area contributed by atoms with Gasteiger partial charge in [0.25, 0.3) is 0 Å². The van der Waals surface area contributed by atoms with Crippen LogP contribution in [0, 0.1) is 5.53 Å². The standard InChI is InChI=1S/C5H6N2O2/c6-7-3-1-2-4(7)5(8)9/h1-2,4,6H,3H2. The summed E-state index contributed by atoms with van der Waals surface area (Å²) in [5, 5.41) is 10.1. The second kappa shape index (κ2) is 1.97. The minimum atomic E-state index is -1.21. The van der Waals surface area contributed by atoms with Gasteiger partial charge in [-0.15, -0.1) is 4.70 Å². The zero-order valence-corrected chi connectivity index (χ0v) is 4.70. The predicted molar refractivity (Wildman–Crippen MR) is 25.8 cm³/mol. The van der Waals surface area contributed by atoms with Gasteiger partial charge in [0.05, 0.1) is 0 Å². The van der Waals surface area contributed by atoms with Gasteiger partial charge in [-0.3, -0.25) is 0 Å². The van der Waals surface area contributed by atoms with Gasteiger partial charge in [0, 0.05) is 0 Å². The fourth-order valence-electron chi connectivity index (χ4n) is 0.727. The van der Waals surface area contributed by atoms with Crippen LogP contribution in [-0.4, -0.2) is 23.3 Å². The Kier molecular flexibility index (Phi) is 1.30. The molecule has 0 bridgehead atoms. The molecule has 1 atom stereocenters. The van der Waals surface area contributed by atoms with Crippen LogP contribution >= 0.6 is 0 Å². The minimum Gasteiger partial charge on any atom is -0.543 e. The van der Waals surface area contributed by atoms with Gasteiger partial charge in [0.1, 0.15) is 5.97 Å². The van der Waals surface area contributed by atoms with E-state index >= 15 is 0 Å². The van der Waals surface area contributed by atoms with Crippen molar-refractivity contribution >= 4 is 5.97 Å². The highest BCUT2D eigenvalue weighted by atomic mass is 16.4. The van der Waals surface area contributed by atoms with E-state index in [1.165, 1.54) is 6.08 Å². The molecule has 0 spiro atoms. The average Bonchev–Trinajstić information content (AvgIpc) is 2.13. The zero-order valence-electron chi connectivity index (χ0n) is 4.70. The Morgan fingerprint density at radius 1 is 1.89 bits per heavy atom. The van der Waals surface area contributed by atoms with Crippen LogP contribution < -0.4 is 5.11 Å². The first-order valence-corrected chi connectivity index (χ1v) is 2.57. The summed E-state index contributed by atoms with van der Waals surface area (Å²) in [5.74, 6) is -1.21. The summed E-state index contributed by atoms with van der Waals surface area (Å²) in [6.45, 7) is 0.374. The molecule has 1 rings (SSSR count). The van der Waals surface area contributed by atoms with Crippen LogP contribution in [0.4, 0.5) is 0 Å². The smallest absolute Gasteiger partial charge is 0.236 e. The summed E-state index contributed by atoms with van der Waals surface area (Å²) < 4.78 is 0.954. The largest absolute Gasteiger partial charge is 0.543 e. The Labute approximate surface area is 51.9 Å². The van der Waals surface area contributed by atoms with E-state index in [2.05, 4.69) is 0 Å². The number of hydrogen-bond acceptors (Lipinski definition) is 3. The maximum Gasteiger partial charge on any atom is 0.236 e. The van der Waals surface area contributed by atoms with Crippen molar-refractivity contribution in [1.29, 1.82) is 5.53 Å². The monoisotopic (exact) mass is 126 g/mol. The van der Waals surface area contributed by atoms with E-state index < -0.39 is 12.0 Å². The first-order chi connectivity index (χ1) is 4.22. The van der Waals surface area contributed by atoms with Gasteiger partial charge in [0.15, 0.2) is 6.54 Å². The Morgan fingerprint density at radius 2 is 2.56 bits per heavy atom. The Bertz CT molecular complexity index is 185. The maximum absolute atomic E-state index is 10.1. The molecule has 48 valence electrons. The molecule has 1 unspecified atom stereocenters. The fourth-order valence-corrected chi connectivity index (χ4v) is 0.727. The molecule has 1 heterocycles. The third-order valence-corrected chi connectivity index (χ3v) is 1.20. The summed E-state index contributed by atoms with van der Waals surface area (Å²) >= 11 is 0. The first kappa shape index (κ1) is 5.94. The SMILES string of the molecule is N=[N+]1CC=CC1C(=O)[O-]. The molecule has 0 saturated heterocycles. The van der Waals surface area contributed by atoms with Crippen LogP contribution in [0.2, 0.25) is 0 Å². The molecule has 0 aliphatic carbocycles. The third kappa shape index (κ3) is 0.960. The minimum absolute atomic E-state index is 0.374. The van der Waals surface area contributed by atoms with E-state index in [4.69, 9.17) is 5.53 Å². The highest BCUT2D eigenvalue weighted by Crippen LogP contribution is 2.00. The fraction of sp³-hybridized carbons (Fsp3) is 0.400. The van der Waals surface area contributed by atoms with E-state index in [1.54, 1.807) is 6.08 Å². The van der Waals surface area contributed by atoms with Crippen molar-refractivity contribution in [3.8, 4) is 0 Å². The van der Waals surface area contributed by atoms with Crippen LogP contribution in [0.25, 0.3) is 0 Å². The number of carboxylic acids is 1. The molecule has 4 nitrogen and oxygen atoms in total. The van der Waals surface area contributed by atoms with Crippen molar-refractivity contribution in [3.05, 3.63) is 12.2 Å². The third-order valence-electron chi connectivity index (χ3n) is 1.20. The van der Waals surface area contributed by atoms with Crippen LogP contribution in [0.3, 0.4) is 0 Å². The van der Waals surface area contributed by atoms with Crippen LogP contribution in [0.1, 0.15) is 0 Å². The van der Waals surface area contributed by atoms with Gasteiger partial charge >= 0.3 is 0 Å². The van der Waals surface area contributed by atoms with Crippen molar-refractivity contribution in [2.45, 2.75) is 6.04 Å². The van der Waals surface area contributed by atoms with Crippen LogP contribution in [-0.2, 0) is 4.79 Å². The van der Waals surface area contributed by atoms with E-state index in [0.717, 1.165) is 4.70 Å². The van der Waals surface area contributed by atoms with Crippen LogP contribution in [0.5, 0.6) is 0 Å². The molecule has 0 saturated carbocycles. The number of aliphatic carboxylic acids is 1. The lowest BCUT2D eigenvalue weighted by Crippen LogP contribution is -2.38. The second-order valence-electron chi connectivity index (χ2n) is 1.84. The van der Waals surface area contributed by atoms with Gasteiger partial charge in [-0.2, -0.15) is 0 Å². The van der Waals surface area contributed by atoms with E-state index in [9.17, 15) is 9.90 Å². The van der Waals surface area contributed by atoms with Crippen molar-refractivity contribution in [1.82, 2.24) is 0 Å². The van der Waals surface area contributed by atoms with Crippen molar-refractivity contribution in [3.63, 3.8) is 0 Å². The molecule has 1 N–H and O–H groups in total. The molecule has 1 aliphatic heterocycles. The molecule has 9 heavy (non-hydrogen) atoms. The summed E-state index contributed by atoms with van der Waals surface area (Å²) in [6, 6.07) is -0.843. The highest BCUT2D eigenvalue weighted by Gasteiger charge is 2.23. The van der Waals surface area contributed by atoms with Gasteiger partial charge in [-0.25, -0.2) is 0 Å². The van der Waals surface area contributed by atoms with Crippen molar-refractivity contribution in [2.75, 3.05) is 6.54 Å². The summed E-state index contributed by atoms with van der Waals surface area (Å²) in [4.78, 5) is 10.1. The van der Waals surface area contributed by atoms with Gasteiger partial charge in [0.2, 0.25) is 6.04 Å².